The second kappa shape index (κ2) is 8.58. The molecule has 0 aromatic heterocycles. The highest BCUT2D eigenvalue weighted by molar-refractivity contribution is 5.94. The van der Waals surface area contributed by atoms with E-state index >= 15 is 0 Å². The number of fused-ring (bicyclic) bond motifs is 1. The Bertz CT molecular complexity index is 686. The Kier molecular flexibility index (Phi) is 6.18. The molecule has 1 atom stereocenters. The van der Waals surface area contributed by atoms with Crippen molar-refractivity contribution in [1.82, 2.24) is 5.32 Å². The molecule has 0 bridgehead atoms. The van der Waals surface area contributed by atoms with Crippen molar-refractivity contribution in [2.24, 2.45) is 0 Å². The second-order valence-corrected chi connectivity index (χ2v) is 7.59. The van der Waals surface area contributed by atoms with Crippen molar-refractivity contribution in [1.29, 1.82) is 0 Å². The number of amides is 2. The zero-order valence-corrected chi connectivity index (χ0v) is 16.3. The molecule has 3 rings (SSSR count). The van der Waals surface area contributed by atoms with Crippen molar-refractivity contribution in [3.8, 4) is 11.5 Å². The lowest BCUT2D eigenvalue weighted by Gasteiger charge is -2.32. The van der Waals surface area contributed by atoms with Crippen LogP contribution in [-0.2, 0) is 9.59 Å². The number of ether oxygens (including phenoxy) is 2. The summed E-state index contributed by atoms with van der Waals surface area (Å²) >= 11 is 0. The van der Waals surface area contributed by atoms with E-state index in [0.29, 0.717) is 23.7 Å². The molecule has 2 amide bonds. The highest BCUT2D eigenvalue weighted by Crippen LogP contribution is 2.34. The number of rotatable bonds is 6. The minimum absolute atomic E-state index is 0.00938. The van der Waals surface area contributed by atoms with E-state index in [2.05, 4.69) is 10.6 Å². The van der Waals surface area contributed by atoms with Crippen LogP contribution in [0.1, 0.15) is 20.8 Å². The van der Waals surface area contributed by atoms with E-state index < -0.39 is 0 Å². The van der Waals surface area contributed by atoms with E-state index in [4.69, 9.17) is 9.47 Å². The smallest absolute Gasteiger partial charge is 0.282 e. The SMILES string of the molecule is CC(C)NC(=O)C[NH+]1CC[NH+]([C@@H](C)C(=O)Nc2ccc3c(c2)OCO3)CC1. The third-order valence-electron chi connectivity index (χ3n) is 5.11. The highest BCUT2D eigenvalue weighted by atomic mass is 16.7. The molecule has 148 valence electrons. The summed E-state index contributed by atoms with van der Waals surface area (Å²) in [5.74, 6) is 1.44. The molecular formula is C19H30N4O4+2. The van der Waals surface area contributed by atoms with E-state index in [-0.39, 0.29) is 30.7 Å². The Labute approximate surface area is 159 Å². The summed E-state index contributed by atoms with van der Waals surface area (Å²) in [4.78, 5) is 27.1. The number of piperazine rings is 1. The summed E-state index contributed by atoms with van der Waals surface area (Å²) in [7, 11) is 0. The van der Waals surface area contributed by atoms with Gasteiger partial charge in [-0.1, -0.05) is 0 Å². The zero-order chi connectivity index (χ0) is 19.4. The van der Waals surface area contributed by atoms with E-state index in [1.807, 2.05) is 26.8 Å². The Balaban J connectivity index is 1.46. The monoisotopic (exact) mass is 378 g/mol. The molecule has 8 nitrogen and oxygen atoms in total. The summed E-state index contributed by atoms with van der Waals surface area (Å²) in [6.45, 7) is 10.1. The molecule has 0 aliphatic carbocycles. The van der Waals surface area contributed by atoms with Gasteiger partial charge in [0.15, 0.2) is 24.1 Å². The Morgan fingerprint density at radius 1 is 1.07 bits per heavy atom. The third-order valence-corrected chi connectivity index (χ3v) is 5.11. The number of carbonyl (C=O) groups is 2. The van der Waals surface area contributed by atoms with Crippen molar-refractivity contribution < 1.29 is 28.9 Å². The molecule has 8 heteroatoms. The van der Waals surface area contributed by atoms with Crippen LogP contribution < -0.4 is 29.9 Å². The maximum absolute atomic E-state index is 12.6. The Morgan fingerprint density at radius 3 is 2.48 bits per heavy atom. The number of hydrogen-bond donors (Lipinski definition) is 4. The lowest BCUT2D eigenvalue weighted by Crippen LogP contribution is -3.30. The van der Waals surface area contributed by atoms with Crippen LogP contribution >= 0.6 is 0 Å². The zero-order valence-electron chi connectivity index (χ0n) is 16.3. The molecule has 0 spiro atoms. The minimum Gasteiger partial charge on any atom is -0.454 e. The number of quaternary nitrogens is 2. The largest absolute Gasteiger partial charge is 0.454 e. The first-order valence-electron chi connectivity index (χ1n) is 9.60. The molecule has 1 aromatic rings. The molecule has 1 saturated heterocycles. The normalized spacial score (nSPS) is 22.4. The van der Waals surface area contributed by atoms with Gasteiger partial charge in [-0.25, -0.2) is 0 Å². The lowest BCUT2D eigenvalue weighted by atomic mass is 10.2. The van der Waals surface area contributed by atoms with E-state index in [9.17, 15) is 9.59 Å². The Morgan fingerprint density at radius 2 is 1.78 bits per heavy atom. The standard InChI is InChI=1S/C19H28N4O4/c1-13(2)20-18(24)11-22-6-8-23(9-7-22)14(3)19(25)21-15-4-5-16-17(10-15)27-12-26-16/h4-5,10,13-14H,6-9,11-12H2,1-3H3,(H,20,24)(H,21,25)/p+2/t14-/m0/s1. The average Bonchev–Trinajstić information content (AvgIpc) is 3.08. The van der Waals surface area contributed by atoms with Gasteiger partial charge >= 0.3 is 0 Å². The van der Waals surface area contributed by atoms with Crippen LogP contribution in [0.15, 0.2) is 18.2 Å². The molecule has 1 aromatic carbocycles. The predicted octanol–water partition coefficient (Wildman–Crippen LogP) is -1.95. The topological polar surface area (TPSA) is 85.5 Å². The average molecular weight is 378 g/mol. The number of benzene rings is 1. The van der Waals surface area contributed by atoms with Gasteiger partial charge in [0, 0.05) is 17.8 Å². The molecule has 0 unspecified atom stereocenters. The minimum atomic E-state index is -0.151. The first kappa shape index (κ1) is 19.4. The summed E-state index contributed by atoms with van der Waals surface area (Å²) in [6, 6.07) is 5.44. The molecule has 2 aliphatic heterocycles. The van der Waals surface area contributed by atoms with Crippen molar-refractivity contribution >= 4 is 17.5 Å². The van der Waals surface area contributed by atoms with Gasteiger partial charge in [0.05, 0.1) is 0 Å². The molecule has 0 radical (unpaired) electrons. The summed E-state index contributed by atoms with van der Waals surface area (Å²) in [6.07, 6.45) is 0. The van der Waals surface area contributed by atoms with Gasteiger partial charge in [-0.3, -0.25) is 9.59 Å². The van der Waals surface area contributed by atoms with Crippen molar-refractivity contribution in [3.05, 3.63) is 18.2 Å². The third kappa shape index (κ3) is 5.11. The predicted molar refractivity (Wildman–Crippen MR) is 100 cm³/mol. The van der Waals surface area contributed by atoms with Crippen molar-refractivity contribution in [3.63, 3.8) is 0 Å². The quantitative estimate of drug-likeness (QED) is 0.464. The molecule has 2 aliphatic rings. The van der Waals surface area contributed by atoms with Gasteiger partial charge in [0.2, 0.25) is 6.79 Å². The number of hydrogen-bond acceptors (Lipinski definition) is 4. The Hall–Kier alpha value is -2.32. The van der Waals surface area contributed by atoms with E-state index in [0.717, 1.165) is 26.2 Å². The van der Waals surface area contributed by atoms with Gasteiger partial charge in [0.25, 0.3) is 11.8 Å². The van der Waals surface area contributed by atoms with Crippen LogP contribution in [0.2, 0.25) is 0 Å². The van der Waals surface area contributed by atoms with Crippen LogP contribution in [-0.4, -0.2) is 63.4 Å². The van der Waals surface area contributed by atoms with Crippen molar-refractivity contribution in [2.75, 3.05) is 44.8 Å². The molecule has 27 heavy (non-hydrogen) atoms. The lowest BCUT2D eigenvalue weighted by molar-refractivity contribution is -1.01. The molecular weight excluding hydrogens is 348 g/mol. The summed E-state index contributed by atoms with van der Waals surface area (Å²) in [5.41, 5.74) is 0.713. The fraction of sp³-hybridized carbons (Fsp3) is 0.579. The van der Waals surface area contributed by atoms with Gasteiger partial charge in [-0.2, -0.15) is 0 Å². The van der Waals surface area contributed by atoms with Crippen molar-refractivity contribution in [2.45, 2.75) is 32.9 Å². The maximum atomic E-state index is 12.6. The summed E-state index contributed by atoms with van der Waals surface area (Å²) < 4.78 is 10.6. The van der Waals surface area contributed by atoms with Crippen LogP contribution in [0.4, 0.5) is 5.69 Å². The molecule has 0 saturated carbocycles. The van der Waals surface area contributed by atoms with Crippen LogP contribution in [0.5, 0.6) is 11.5 Å². The number of anilines is 1. The van der Waals surface area contributed by atoms with E-state index in [1.54, 1.807) is 12.1 Å². The molecule has 2 heterocycles. The van der Waals surface area contributed by atoms with Gasteiger partial charge in [-0.15, -0.1) is 0 Å². The summed E-state index contributed by atoms with van der Waals surface area (Å²) in [5, 5.41) is 5.90. The second-order valence-electron chi connectivity index (χ2n) is 7.59. The fourth-order valence-electron chi connectivity index (χ4n) is 3.54. The fourth-order valence-corrected chi connectivity index (χ4v) is 3.54. The molecule has 4 N–H and O–H groups in total. The number of nitrogens with one attached hydrogen (secondary N) is 4. The van der Waals surface area contributed by atoms with E-state index in [1.165, 1.54) is 9.80 Å². The van der Waals surface area contributed by atoms with Gasteiger partial charge in [0.1, 0.15) is 26.2 Å². The first-order chi connectivity index (χ1) is 12.9. The van der Waals surface area contributed by atoms with Crippen LogP contribution in [0.3, 0.4) is 0 Å². The number of carbonyl (C=O) groups excluding carboxylic acids is 2. The van der Waals surface area contributed by atoms with Gasteiger partial charge in [-0.05, 0) is 32.9 Å². The first-order valence-corrected chi connectivity index (χ1v) is 9.60. The van der Waals surface area contributed by atoms with Crippen LogP contribution in [0.25, 0.3) is 0 Å². The van der Waals surface area contributed by atoms with Gasteiger partial charge < -0.3 is 29.9 Å². The van der Waals surface area contributed by atoms with Crippen LogP contribution in [0, 0.1) is 0 Å². The molecule has 1 fully saturated rings. The maximum Gasteiger partial charge on any atom is 0.282 e. The highest BCUT2D eigenvalue weighted by Gasteiger charge is 2.32.